The third-order valence-corrected chi connectivity index (χ3v) is 4.88. The Bertz CT molecular complexity index is 1030. The summed E-state index contributed by atoms with van der Waals surface area (Å²) in [6.07, 6.45) is 9.27. The lowest BCUT2D eigenvalue weighted by Gasteiger charge is -2.08. The summed E-state index contributed by atoms with van der Waals surface area (Å²) in [5.41, 5.74) is 3.22. The van der Waals surface area contributed by atoms with Crippen molar-refractivity contribution in [2.45, 2.75) is 52.5 Å². The molecule has 1 N–H and O–H groups in total. The largest absolute Gasteiger partial charge is 0.323 e. The topological polar surface area (TPSA) is 90.1 Å². The Morgan fingerprint density at radius 3 is 2.59 bits per heavy atom. The fraction of sp³-hybridized carbons (Fsp3) is 0.381. The van der Waals surface area contributed by atoms with Gasteiger partial charge < -0.3 is 4.57 Å². The Morgan fingerprint density at radius 2 is 1.86 bits per heavy atom. The van der Waals surface area contributed by atoms with Crippen molar-refractivity contribution in [1.82, 2.24) is 40.0 Å². The zero-order valence-corrected chi connectivity index (χ0v) is 16.9. The predicted molar refractivity (Wildman–Crippen MR) is 111 cm³/mol. The highest BCUT2D eigenvalue weighted by Gasteiger charge is 2.10. The smallest absolute Gasteiger partial charge is 0.206 e. The van der Waals surface area contributed by atoms with Crippen LogP contribution in [0, 0.1) is 0 Å². The number of nitrogens with one attached hydrogen (secondary N) is 1. The summed E-state index contributed by atoms with van der Waals surface area (Å²) >= 11 is 0. The van der Waals surface area contributed by atoms with Crippen molar-refractivity contribution >= 4 is 0 Å². The van der Waals surface area contributed by atoms with Crippen LogP contribution in [-0.4, -0.2) is 40.0 Å². The Hall–Kier alpha value is -3.29. The van der Waals surface area contributed by atoms with Crippen LogP contribution < -0.4 is 0 Å². The van der Waals surface area contributed by atoms with E-state index in [4.69, 9.17) is 10.1 Å². The summed E-state index contributed by atoms with van der Waals surface area (Å²) in [6.45, 7) is 5.12. The van der Waals surface area contributed by atoms with E-state index < -0.39 is 0 Å². The molecule has 0 aliphatic rings. The third kappa shape index (κ3) is 4.42. The maximum absolute atomic E-state index is 4.75. The molecule has 0 spiro atoms. The highest BCUT2D eigenvalue weighted by Crippen LogP contribution is 2.18. The molecule has 0 atom stereocenters. The summed E-state index contributed by atoms with van der Waals surface area (Å²) in [7, 11) is 0. The SMILES string of the molecule is CCCCc1nc(CCC)nn1Cc1ccc(-n2ccc(-c3nn[nH]n3)c2)cc1. The molecule has 29 heavy (non-hydrogen) atoms. The number of aromatic amines is 1. The van der Waals surface area contributed by atoms with Gasteiger partial charge in [0, 0.05) is 36.5 Å². The monoisotopic (exact) mass is 390 g/mol. The molecule has 3 heterocycles. The van der Waals surface area contributed by atoms with Crippen LogP contribution >= 0.6 is 0 Å². The van der Waals surface area contributed by atoms with Crippen LogP contribution in [0.4, 0.5) is 0 Å². The van der Waals surface area contributed by atoms with E-state index in [9.17, 15) is 0 Å². The van der Waals surface area contributed by atoms with Crippen LogP contribution in [0.15, 0.2) is 42.7 Å². The second-order valence-electron chi connectivity index (χ2n) is 7.16. The van der Waals surface area contributed by atoms with E-state index in [0.29, 0.717) is 5.82 Å². The van der Waals surface area contributed by atoms with E-state index in [2.05, 4.69) is 68.0 Å². The molecule has 0 bridgehead atoms. The summed E-state index contributed by atoms with van der Waals surface area (Å²) in [4.78, 5) is 4.75. The van der Waals surface area contributed by atoms with Gasteiger partial charge in [0.1, 0.15) is 5.82 Å². The Balaban J connectivity index is 1.50. The number of unbranched alkanes of at least 4 members (excludes halogenated alkanes) is 1. The summed E-state index contributed by atoms with van der Waals surface area (Å²) in [6, 6.07) is 10.5. The van der Waals surface area contributed by atoms with Gasteiger partial charge >= 0.3 is 0 Å². The number of tetrazole rings is 1. The first-order valence-corrected chi connectivity index (χ1v) is 10.2. The summed E-state index contributed by atoms with van der Waals surface area (Å²) < 4.78 is 4.12. The van der Waals surface area contributed by atoms with E-state index in [0.717, 1.165) is 61.5 Å². The van der Waals surface area contributed by atoms with Crippen molar-refractivity contribution < 1.29 is 0 Å². The second kappa shape index (κ2) is 8.81. The van der Waals surface area contributed by atoms with Crippen LogP contribution in [0.1, 0.15) is 50.3 Å². The second-order valence-corrected chi connectivity index (χ2v) is 7.16. The average molecular weight is 390 g/mol. The van der Waals surface area contributed by atoms with Crippen LogP contribution in [0.2, 0.25) is 0 Å². The third-order valence-electron chi connectivity index (χ3n) is 4.88. The van der Waals surface area contributed by atoms with Crippen molar-refractivity contribution in [3.05, 3.63) is 59.9 Å². The molecule has 0 unspecified atom stereocenters. The van der Waals surface area contributed by atoms with Crippen LogP contribution in [-0.2, 0) is 19.4 Å². The van der Waals surface area contributed by atoms with Gasteiger partial charge in [-0.05, 0) is 41.8 Å². The van der Waals surface area contributed by atoms with Gasteiger partial charge in [-0.2, -0.15) is 10.3 Å². The van der Waals surface area contributed by atoms with Gasteiger partial charge in [0.2, 0.25) is 5.82 Å². The lowest BCUT2D eigenvalue weighted by molar-refractivity contribution is 0.613. The van der Waals surface area contributed by atoms with Crippen LogP contribution in [0.5, 0.6) is 0 Å². The van der Waals surface area contributed by atoms with Crippen LogP contribution in [0.25, 0.3) is 17.1 Å². The van der Waals surface area contributed by atoms with Crippen LogP contribution in [0.3, 0.4) is 0 Å². The minimum Gasteiger partial charge on any atom is -0.323 e. The van der Waals surface area contributed by atoms with E-state index in [1.165, 1.54) is 5.56 Å². The zero-order valence-electron chi connectivity index (χ0n) is 16.9. The summed E-state index contributed by atoms with van der Waals surface area (Å²) in [5.74, 6) is 2.64. The number of nitrogens with zero attached hydrogens (tertiary/aromatic N) is 7. The van der Waals surface area contributed by atoms with Gasteiger partial charge in [0.25, 0.3) is 0 Å². The van der Waals surface area contributed by atoms with E-state index >= 15 is 0 Å². The Kier molecular flexibility index (Phi) is 5.79. The highest BCUT2D eigenvalue weighted by atomic mass is 15.5. The van der Waals surface area contributed by atoms with Crippen molar-refractivity contribution in [1.29, 1.82) is 0 Å². The number of rotatable bonds is 9. The number of benzene rings is 1. The standard InChI is InChI=1S/C21H26N8/c1-3-5-7-20-22-19(6-4-2)25-29(20)14-16-8-10-18(11-9-16)28-13-12-17(15-28)21-23-26-27-24-21/h8-13,15H,3-7,14H2,1-2H3,(H,23,24,26,27). The molecule has 0 fully saturated rings. The van der Waals surface area contributed by atoms with Gasteiger partial charge in [-0.25, -0.2) is 9.67 Å². The molecule has 4 rings (SSSR count). The van der Waals surface area contributed by atoms with E-state index in [1.807, 2.05) is 18.5 Å². The minimum atomic E-state index is 0.592. The van der Waals surface area contributed by atoms with Gasteiger partial charge in [-0.15, -0.1) is 10.2 Å². The number of aryl methyl sites for hydroxylation is 2. The molecule has 150 valence electrons. The number of H-pyrrole nitrogens is 1. The number of hydrogen-bond donors (Lipinski definition) is 1. The van der Waals surface area contributed by atoms with E-state index in [1.54, 1.807) is 0 Å². The first-order valence-electron chi connectivity index (χ1n) is 10.2. The van der Waals surface area contributed by atoms with Crippen molar-refractivity contribution in [2.24, 2.45) is 0 Å². The minimum absolute atomic E-state index is 0.592. The zero-order chi connectivity index (χ0) is 20.1. The molecule has 3 aromatic heterocycles. The Morgan fingerprint density at radius 1 is 1.00 bits per heavy atom. The lowest BCUT2D eigenvalue weighted by Crippen LogP contribution is -2.07. The fourth-order valence-corrected chi connectivity index (χ4v) is 3.32. The van der Waals surface area contributed by atoms with Gasteiger partial charge in [-0.1, -0.05) is 32.4 Å². The molecular weight excluding hydrogens is 364 g/mol. The molecule has 0 saturated heterocycles. The maximum Gasteiger partial charge on any atom is 0.206 e. The fourth-order valence-electron chi connectivity index (χ4n) is 3.32. The number of aromatic nitrogens is 8. The molecule has 0 aliphatic carbocycles. The quantitative estimate of drug-likeness (QED) is 0.472. The maximum atomic E-state index is 4.75. The molecule has 0 saturated carbocycles. The Labute approximate surface area is 170 Å². The lowest BCUT2D eigenvalue weighted by atomic mass is 10.2. The molecule has 0 amide bonds. The average Bonchev–Trinajstić information content (AvgIpc) is 3.48. The summed E-state index contributed by atoms with van der Waals surface area (Å²) in [5, 5.41) is 18.9. The molecular formula is C21H26N8. The first kappa shape index (κ1) is 19.0. The van der Waals surface area contributed by atoms with Gasteiger partial charge in [0.05, 0.1) is 6.54 Å². The van der Waals surface area contributed by atoms with Gasteiger partial charge in [-0.3, -0.25) is 0 Å². The number of hydrogen-bond acceptors (Lipinski definition) is 5. The van der Waals surface area contributed by atoms with E-state index in [-0.39, 0.29) is 0 Å². The predicted octanol–water partition coefficient (Wildman–Crippen LogP) is 3.59. The molecule has 4 aromatic rings. The van der Waals surface area contributed by atoms with Gasteiger partial charge in [0.15, 0.2) is 5.82 Å². The molecule has 8 heteroatoms. The molecule has 8 nitrogen and oxygen atoms in total. The highest BCUT2D eigenvalue weighted by molar-refractivity contribution is 5.54. The first-order chi connectivity index (χ1) is 14.3. The molecule has 0 aliphatic heterocycles. The van der Waals surface area contributed by atoms with Crippen molar-refractivity contribution in [2.75, 3.05) is 0 Å². The molecule has 0 radical (unpaired) electrons. The van der Waals surface area contributed by atoms with Crippen molar-refractivity contribution in [3.8, 4) is 17.1 Å². The molecule has 1 aromatic carbocycles. The van der Waals surface area contributed by atoms with Crippen molar-refractivity contribution in [3.63, 3.8) is 0 Å². The normalized spacial score (nSPS) is 11.2.